The van der Waals surface area contributed by atoms with Crippen molar-refractivity contribution in [1.29, 1.82) is 0 Å². The molecule has 0 aliphatic heterocycles. The van der Waals surface area contributed by atoms with E-state index in [1.807, 2.05) is 0 Å². The summed E-state index contributed by atoms with van der Waals surface area (Å²) in [4.78, 5) is 11.0. The second-order valence-electron chi connectivity index (χ2n) is 3.98. The fraction of sp³-hybridized carbons (Fsp3) is 0.0714. The number of benzene rings is 2. The third-order valence-corrected chi connectivity index (χ3v) is 3.54. The van der Waals surface area contributed by atoms with Crippen LogP contribution in [-0.2, 0) is 6.61 Å². The summed E-state index contributed by atoms with van der Waals surface area (Å²) >= 11 is 8.82. The van der Waals surface area contributed by atoms with Gasteiger partial charge in [-0.15, -0.1) is 0 Å². The number of carbonyl (C=O) groups is 1. The first-order chi connectivity index (χ1) is 9.47. The van der Waals surface area contributed by atoms with Crippen molar-refractivity contribution in [3.8, 4) is 5.75 Å². The molecule has 1 N–H and O–H groups in total. The van der Waals surface area contributed by atoms with Gasteiger partial charge in [-0.05, 0) is 51.8 Å². The van der Waals surface area contributed by atoms with Gasteiger partial charge < -0.3 is 9.84 Å². The fourth-order valence-electron chi connectivity index (χ4n) is 1.55. The summed E-state index contributed by atoms with van der Waals surface area (Å²) in [5, 5.41) is 9.02. The maximum atomic E-state index is 13.0. The highest BCUT2D eigenvalue weighted by atomic mass is 79.9. The summed E-state index contributed by atoms with van der Waals surface area (Å²) in [6, 6.07) is 8.92. The van der Waals surface area contributed by atoms with E-state index in [1.165, 1.54) is 18.2 Å². The molecule has 2 rings (SSSR count). The van der Waals surface area contributed by atoms with Crippen molar-refractivity contribution in [3.63, 3.8) is 0 Å². The molecule has 6 heteroatoms. The third kappa shape index (κ3) is 3.49. The van der Waals surface area contributed by atoms with Gasteiger partial charge in [0.15, 0.2) is 0 Å². The van der Waals surface area contributed by atoms with Crippen LogP contribution in [0.4, 0.5) is 4.39 Å². The zero-order chi connectivity index (χ0) is 14.7. The first-order valence-corrected chi connectivity index (χ1v) is 6.74. The zero-order valence-corrected chi connectivity index (χ0v) is 12.4. The molecular formula is C14H9BrClFO3. The molecule has 0 heterocycles. The number of aromatic carboxylic acids is 1. The van der Waals surface area contributed by atoms with Crippen molar-refractivity contribution < 1.29 is 19.0 Å². The van der Waals surface area contributed by atoms with Crippen LogP contribution in [0.15, 0.2) is 40.9 Å². The standard InChI is InChI=1S/C14H9BrClFO3/c15-11-3-2-9(6-10(11)14(18)19)20-7-8-1-4-13(17)12(16)5-8/h1-6H,7H2,(H,18,19). The Morgan fingerprint density at radius 3 is 2.70 bits per heavy atom. The molecule has 2 aromatic carbocycles. The molecule has 3 nitrogen and oxygen atoms in total. The lowest BCUT2D eigenvalue weighted by Gasteiger charge is -2.08. The van der Waals surface area contributed by atoms with Gasteiger partial charge >= 0.3 is 5.97 Å². The van der Waals surface area contributed by atoms with Gasteiger partial charge in [-0.25, -0.2) is 9.18 Å². The van der Waals surface area contributed by atoms with Crippen molar-refractivity contribution in [1.82, 2.24) is 0 Å². The summed E-state index contributed by atoms with van der Waals surface area (Å²) < 4.78 is 18.9. The Morgan fingerprint density at radius 2 is 2.05 bits per heavy atom. The average molecular weight is 360 g/mol. The highest BCUT2D eigenvalue weighted by molar-refractivity contribution is 9.10. The topological polar surface area (TPSA) is 46.5 Å². The van der Waals surface area contributed by atoms with Crippen LogP contribution in [0.1, 0.15) is 15.9 Å². The Hall–Kier alpha value is -1.59. The summed E-state index contributed by atoms with van der Waals surface area (Å²) in [5.41, 5.74) is 0.802. The number of carboxylic acids is 1. The van der Waals surface area contributed by atoms with Crippen LogP contribution in [0, 0.1) is 5.82 Å². The van der Waals surface area contributed by atoms with E-state index in [-0.39, 0.29) is 17.2 Å². The molecule has 0 saturated heterocycles. The largest absolute Gasteiger partial charge is 0.489 e. The number of carboxylic acid groups (broad SMARTS) is 1. The van der Waals surface area contributed by atoms with Crippen LogP contribution in [0.3, 0.4) is 0 Å². The van der Waals surface area contributed by atoms with Crippen molar-refractivity contribution >= 4 is 33.5 Å². The molecule has 2 aromatic rings. The van der Waals surface area contributed by atoms with Crippen molar-refractivity contribution in [2.45, 2.75) is 6.61 Å². The molecule has 0 saturated carbocycles. The van der Waals surface area contributed by atoms with Crippen LogP contribution in [0.5, 0.6) is 5.75 Å². The van der Waals surface area contributed by atoms with Crippen molar-refractivity contribution in [3.05, 3.63) is 62.8 Å². The molecule has 0 spiro atoms. The molecule has 0 fully saturated rings. The number of hydrogen-bond acceptors (Lipinski definition) is 2. The molecular weight excluding hydrogens is 351 g/mol. The molecule has 104 valence electrons. The van der Waals surface area contributed by atoms with E-state index < -0.39 is 11.8 Å². The van der Waals surface area contributed by atoms with E-state index in [0.717, 1.165) is 0 Å². The molecule has 0 radical (unpaired) electrons. The maximum absolute atomic E-state index is 13.0. The van der Waals surface area contributed by atoms with Crippen LogP contribution in [0.25, 0.3) is 0 Å². The maximum Gasteiger partial charge on any atom is 0.336 e. The number of rotatable bonds is 4. The van der Waals surface area contributed by atoms with Crippen LogP contribution >= 0.6 is 27.5 Å². The summed E-state index contributed by atoms with van der Waals surface area (Å²) in [7, 11) is 0. The van der Waals surface area contributed by atoms with Gasteiger partial charge in [0.05, 0.1) is 10.6 Å². The lowest BCUT2D eigenvalue weighted by atomic mass is 10.2. The monoisotopic (exact) mass is 358 g/mol. The first-order valence-electron chi connectivity index (χ1n) is 5.57. The Balaban J connectivity index is 2.12. The van der Waals surface area contributed by atoms with E-state index in [9.17, 15) is 9.18 Å². The molecule has 0 atom stereocenters. The van der Waals surface area contributed by atoms with Gasteiger partial charge in [-0.3, -0.25) is 0 Å². The van der Waals surface area contributed by atoms with Crippen LogP contribution < -0.4 is 4.74 Å². The highest BCUT2D eigenvalue weighted by Crippen LogP contribution is 2.24. The number of hydrogen-bond donors (Lipinski definition) is 1. The van der Waals surface area contributed by atoms with Crippen LogP contribution in [-0.4, -0.2) is 11.1 Å². The first kappa shape index (κ1) is 14.8. The predicted octanol–water partition coefficient (Wildman–Crippen LogP) is 4.52. The van der Waals surface area contributed by atoms with E-state index in [0.29, 0.717) is 15.8 Å². The van der Waals surface area contributed by atoms with Crippen molar-refractivity contribution in [2.75, 3.05) is 0 Å². The lowest BCUT2D eigenvalue weighted by molar-refractivity contribution is 0.0695. The molecule has 20 heavy (non-hydrogen) atoms. The average Bonchev–Trinajstić information content (AvgIpc) is 2.41. The molecule has 0 aliphatic rings. The van der Waals surface area contributed by atoms with Gasteiger partial charge in [0.2, 0.25) is 0 Å². The molecule has 0 aromatic heterocycles. The molecule has 0 aliphatic carbocycles. The minimum Gasteiger partial charge on any atom is -0.489 e. The van der Waals surface area contributed by atoms with Crippen molar-refractivity contribution in [2.24, 2.45) is 0 Å². The van der Waals surface area contributed by atoms with Gasteiger partial charge in [-0.2, -0.15) is 0 Å². The number of halogens is 3. The fourth-order valence-corrected chi connectivity index (χ4v) is 2.17. The Labute approximate surface area is 128 Å². The zero-order valence-electron chi connectivity index (χ0n) is 10.1. The highest BCUT2D eigenvalue weighted by Gasteiger charge is 2.10. The van der Waals surface area contributed by atoms with E-state index in [4.69, 9.17) is 21.4 Å². The molecule has 0 bridgehead atoms. The van der Waals surface area contributed by atoms with E-state index in [1.54, 1.807) is 18.2 Å². The van der Waals surface area contributed by atoms with Gasteiger partial charge in [0, 0.05) is 4.47 Å². The summed E-state index contributed by atoms with van der Waals surface area (Å²) in [5.74, 6) is -1.13. The normalized spacial score (nSPS) is 10.3. The second-order valence-corrected chi connectivity index (χ2v) is 5.25. The van der Waals surface area contributed by atoms with Crippen LogP contribution in [0.2, 0.25) is 5.02 Å². The second kappa shape index (κ2) is 6.24. The van der Waals surface area contributed by atoms with E-state index >= 15 is 0 Å². The third-order valence-electron chi connectivity index (χ3n) is 2.56. The summed E-state index contributed by atoms with van der Waals surface area (Å²) in [6.07, 6.45) is 0. The quantitative estimate of drug-likeness (QED) is 0.873. The minimum atomic E-state index is -1.05. The lowest BCUT2D eigenvalue weighted by Crippen LogP contribution is -2.00. The Morgan fingerprint density at radius 1 is 1.30 bits per heavy atom. The number of ether oxygens (including phenoxy) is 1. The van der Waals surface area contributed by atoms with Gasteiger partial charge in [-0.1, -0.05) is 17.7 Å². The predicted molar refractivity (Wildman–Crippen MR) is 76.8 cm³/mol. The Kier molecular flexibility index (Phi) is 4.62. The Bertz CT molecular complexity index is 661. The minimum absolute atomic E-state index is 0.0214. The smallest absolute Gasteiger partial charge is 0.336 e. The SMILES string of the molecule is O=C(O)c1cc(OCc2ccc(F)c(Cl)c2)ccc1Br. The van der Waals surface area contributed by atoms with Gasteiger partial charge in [0.1, 0.15) is 18.2 Å². The summed E-state index contributed by atoms with van der Waals surface area (Å²) in [6.45, 7) is 0.167. The molecule has 0 unspecified atom stereocenters. The van der Waals surface area contributed by atoms with E-state index in [2.05, 4.69) is 15.9 Å². The molecule has 0 amide bonds. The van der Waals surface area contributed by atoms with Gasteiger partial charge in [0.25, 0.3) is 0 Å².